The maximum absolute atomic E-state index is 14.4. The number of hydrogen-bond donors (Lipinski definition) is 0. The van der Waals surface area contributed by atoms with Crippen LogP contribution in [0.4, 0.5) is 4.39 Å². The van der Waals surface area contributed by atoms with Gasteiger partial charge in [-0.3, -0.25) is 14.7 Å². The lowest BCUT2D eigenvalue weighted by Crippen LogP contribution is -2.54. The molecule has 0 N–H and O–H groups in total. The second-order valence-corrected chi connectivity index (χ2v) is 12.4. The van der Waals surface area contributed by atoms with E-state index in [-0.39, 0.29) is 11.9 Å². The van der Waals surface area contributed by atoms with Crippen LogP contribution in [0.5, 0.6) is 0 Å². The van der Waals surface area contributed by atoms with Crippen LogP contribution < -0.4 is 0 Å². The topological polar surface area (TPSA) is 59.8 Å². The first-order chi connectivity index (χ1) is 19.6. The molecule has 7 nitrogen and oxygen atoms in total. The van der Waals surface area contributed by atoms with Gasteiger partial charge in [0.1, 0.15) is 5.82 Å². The van der Waals surface area contributed by atoms with Crippen LogP contribution in [0.3, 0.4) is 0 Å². The highest BCUT2D eigenvalue weighted by Gasteiger charge is 2.49. The number of nitrogens with zero attached hydrogens (tertiary/aromatic N) is 4. The molecule has 1 saturated carbocycles. The maximum Gasteiger partial charge on any atom is 0.256 e. The number of benzene rings is 1. The van der Waals surface area contributed by atoms with Crippen LogP contribution >= 0.6 is 0 Å². The van der Waals surface area contributed by atoms with Crippen LogP contribution in [0.2, 0.25) is 0 Å². The van der Waals surface area contributed by atoms with Gasteiger partial charge in [-0.25, -0.2) is 4.39 Å². The largest absolute Gasteiger partial charge is 0.353 e. The lowest BCUT2D eigenvalue weighted by atomic mass is 9.73. The summed E-state index contributed by atoms with van der Waals surface area (Å²) < 4.78 is 27.8. The van der Waals surface area contributed by atoms with Crippen molar-refractivity contribution in [1.29, 1.82) is 0 Å². The molecule has 0 bridgehead atoms. The lowest BCUT2D eigenvalue weighted by molar-refractivity contribution is -0.277. The normalized spacial score (nSPS) is 20.1. The Balaban J connectivity index is 1.42. The number of hydrogen-bond acceptors (Lipinski definition) is 5. The summed E-state index contributed by atoms with van der Waals surface area (Å²) in [5, 5.41) is 1.18. The minimum Gasteiger partial charge on any atom is -0.353 e. The molecule has 1 aliphatic heterocycles. The Morgan fingerprint density at radius 2 is 1.95 bits per heavy atom. The Morgan fingerprint density at radius 3 is 2.61 bits per heavy atom. The van der Waals surface area contributed by atoms with Crippen molar-refractivity contribution in [3.63, 3.8) is 0 Å². The van der Waals surface area contributed by atoms with Crippen LogP contribution in [0.1, 0.15) is 67.9 Å². The fraction of sp³-hybridized carbons (Fsp3) is 0.576. The van der Waals surface area contributed by atoms with Crippen molar-refractivity contribution in [3.8, 4) is 5.69 Å². The third kappa shape index (κ3) is 5.54. The third-order valence-electron chi connectivity index (χ3n) is 9.67. The first-order valence-electron chi connectivity index (χ1n) is 15.0. The molecule has 3 heterocycles. The van der Waals surface area contributed by atoms with Crippen molar-refractivity contribution < 1.29 is 18.7 Å². The lowest BCUT2D eigenvalue weighted by Gasteiger charge is -2.50. The minimum absolute atomic E-state index is 0.00268. The number of aromatic nitrogens is 2. The standard InChI is InChI=1S/C33H45FN4O3/c1-8-28(25-15-33(16-25,40-6)41-7)37-12-11-23(19-37)13-24-20-38(30-18-35-17-22(4)31(24)30)29-10-9-26(34)14-27(29)32(39)36(5)21(2)3/h9-10,14,17-18,20-21,23,25,28H,8,11-13,15-16,19H2,1-7H3/t23-,28?/m0/s1. The van der Waals surface area contributed by atoms with Crippen LogP contribution in [-0.4, -0.2) is 77.5 Å². The van der Waals surface area contributed by atoms with Gasteiger partial charge in [0, 0.05) is 70.5 Å². The average Bonchev–Trinajstić information content (AvgIpc) is 3.55. The Bertz CT molecular complexity index is 1390. The molecule has 1 amide bonds. The van der Waals surface area contributed by atoms with E-state index in [1.807, 2.05) is 30.8 Å². The monoisotopic (exact) mass is 564 g/mol. The predicted molar refractivity (Wildman–Crippen MR) is 160 cm³/mol. The summed E-state index contributed by atoms with van der Waals surface area (Å²) in [6, 6.07) is 5.03. The van der Waals surface area contributed by atoms with E-state index in [9.17, 15) is 9.18 Å². The summed E-state index contributed by atoms with van der Waals surface area (Å²) in [5.41, 5.74) is 4.33. The zero-order valence-corrected chi connectivity index (χ0v) is 25.6. The van der Waals surface area contributed by atoms with Crippen molar-refractivity contribution in [3.05, 3.63) is 59.3 Å². The second-order valence-electron chi connectivity index (χ2n) is 12.4. The summed E-state index contributed by atoms with van der Waals surface area (Å²) in [4.78, 5) is 22.2. The van der Waals surface area contributed by atoms with Crippen LogP contribution in [0.15, 0.2) is 36.8 Å². The van der Waals surface area contributed by atoms with E-state index >= 15 is 0 Å². The molecule has 2 aromatic heterocycles. The van der Waals surface area contributed by atoms with Crippen LogP contribution in [0.25, 0.3) is 16.6 Å². The molecule has 1 saturated heterocycles. The van der Waals surface area contributed by atoms with Crippen molar-refractivity contribution in [2.75, 3.05) is 34.4 Å². The number of rotatable bonds is 10. The predicted octanol–water partition coefficient (Wildman–Crippen LogP) is 6.00. The quantitative estimate of drug-likeness (QED) is 0.283. The number of amides is 1. The van der Waals surface area contributed by atoms with Gasteiger partial charge in [0.15, 0.2) is 5.79 Å². The summed E-state index contributed by atoms with van der Waals surface area (Å²) in [6.45, 7) is 10.5. The molecular weight excluding hydrogens is 519 g/mol. The van der Waals surface area contributed by atoms with E-state index in [1.165, 1.54) is 23.1 Å². The van der Waals surface area contributed by atoms with Gasteiger partial charge in [-0.15, -0.1) is 0 Å². The van der Waals surface area contributed by atoms with Gasteiger partial charge < -0.3 is 18.9 Å². The first kappa shape index (κ1) is 29.7. The van der Waals surface area contributed by atoms with Gasteiger partial charge in [-0.05, 0) is 87.7 Å². The fourth-order valence-electron chi connectivity index (χ4n) is 7.07. The van der Waals surface area contributed by atoms with E-state index in [2.05, 4.69) is 29.9 Å². The zero-order valence-electron chi connectivity index (χ0n) is 25.6. The average molecular weight is 565 g/mol. The van der Waals surface area contributed by atoms with E-state index in [1.54, 1.807) is 32.2 Å². The number of methoxy groups -OCH3 is 2. The second kappa shape index (κ2) is 11.8. The Kier molecular flexibility index (Phi) is 8.56. The van der Waals surface area contributed by atoms with Gasteiger partial charge in [0.05, 0.1) is 23.0 Å². The Hall–Kier alpha value is -2.81. The minimum atomic E-state index is -0.420. The van der Waals surface area contributed by atoms with E-state index < -0.39 is 11.6 Å². The molecule has 222 valence electrons. The molecule has 2 atom stereocenters. The van der Waals surface area contributed by atoms with Crippen molar-refractivity contribution >= 4 is 16.8 Å². The van der Waals surface area contributed by atoms with Crippen LogP contribution in [0, 0.1) is 24.6 Å². The fourth-order valence-corrected chi connectivity index (χ4v) is 7.07. The number of carbonyl (C=O) groups excluding carboxylic acids is 1. The Labute approximate surface area is 243 Å². The first-order valence-corrected chi connectivity index (χ1v) is 15.0. The molecule has 1 aliphatic carbocycles. The molecule has 5 rings (SSSR count). The maximum atomic E-state index is 14.4. The number of aryl methyl sites for hydroxylation is 1. The summed E-state index contributed by atoms with van der Waals surface area (Å²) in [6.07, 6.45) is 11.0. The van der Waals surface area contributed by atoms with Crippen molar-refractivity contribution in [1.82, 2.24) is 19.4 Å². The van der Waals surface area contributed by atoms with Crippen molar-refractivity contribution in [2.45, 2.75) is 77.7 Å². The Morgan fingerprint density at radius 1 is 1.22 bits per heavy atom. The SMILES string of the molecule is CCC(C1CC(OC)(OC)C1)N1CC[C@@H](Cc2cn(-c3ccc(F)cc3C(=O)N(C)C(C)C)c3cncc(C)c23)C1. The van der Waals surface area contributed by atoms with Gasteiger partial charge in [0.25, 0.3) is 5.91 Å². The smallest absolute Gasteiger partial charge is 0.256 e. The molecule has 1 unspecified atom stereocenters. The zero-order chi connectivity index (χ0) is 29.5. The molecule has 0 spiro atoms. The van der Waals surface area contributed by atoms with E-state index in [0.29, 0.717) is 29.1 Å². The summed E-state index contributed by atoms with van der Waals surface area (Å²) in [5.74, 6) is 0.0999. The number of ether oxygens (including phenoxy) is 2. The highest BCUT2D eigenvalue weighted by molar-refractivity contribution is 5.99. The summed E-state index contributed by atoms with van der Waals surface area (Å²) in [7, 11) is 5.25. The molecular formula is C33H45FN4O3. The number of pyridine rings is 1. The van der Waals surface area contributed by atoms with Crippen molar-refractivity contribution in [2.24, 2.45) is 11.8 Å². The van der Waals surface area contributed by atoms with Gasteiger partial charge in [-0.2, -0.15) is 0 Å². The van der Waals surface area contributed by atoms with E-state index in [0.717, 1.165) is 56.3 Å². The molecule has 2 aliphatic rings. The molecule has 1 aromatic carbocycles. The molecule has 41 heavy (non-hydrogen) atoms. The molecule has 2 fully saturated rings. The molecule has 0 radical (unpaired) electrons. The number of fused-ring (bicyclic) bond motifs is 1. The molecule has 8 heteroatoms. The number of halogens is 1. The summed E-state index contributed by atoms with van der Waals surface area (Å²) >= 11 is 0. The highest BCUT2D eigenvalue weighted by atomic mass is 19.1. The highest BCUT2D eigenvalue weighted by Crippen LogP contribution is 2.46. The van der Waals surface area contributed by atoms with Crippen LogP contribution in [-0.2, 0) is 15.9 Å². The number of likely N-dealkylation sites (tertiary alicyclic amines) is 1. The van der Waals surface area contributed by atoms with Gasteiger partial charge >= 0.3 is 0 Å². The molecule has 3 aromatic rings. The van der Waals surface area contributed by atoms with Gasteiger partial charge in [0.2, 0.25) is 0 Å². The third-order valence-corrected chi connectivity index (χ3v) is 9.67. The van der Waals surface area contributed by atoms with Gasteiger partial charge in [-0.1, -0.05) is 6.92 Å². The van der Waals surface area contributed by atoms with E-state index in [4.69, 9.17) is 9.47 Å². The number of carbonyl (C=O) groups is 1.